The molecule has 1 heterocycles. The predicted molar refractivity (Wildman–Crippen MR) is 94.0 cm³/mol. The molecule has 0 bridgehead atoms. The summed E-state index contributed by atoms with van der Waals surface area (Å²) < 4.78 is 5.74. The van der Waals surface area contributed by atoms with Gasteiger partial charge in [-0.05, 0) is 50.3 Å². The zero-order chi connectivity index (χ0) is 15.9. The third-order valence-corrected chi connectivity index (χ3v) is 4.85. The van der Waals surface area contributed by atoms with Gasteiger partial charge < -0.3 is 15.0 Å². The van der Waals surface area contributed by atoms with Crippen LogP contribution in [0.25, 0.3) is 0 Å². The number of carbonyl (C=O) groups is 1. The molecule has 1 aromatic carbocycles. The van der Waals surface area contributed by atoms with Gasteiger partial charge in [0.2, 0.25) is 5.91 Å². The number of ether oxygens (including phenoxy) is 1. The normalized spacial score (nSPS) is 19.6. The average Bonchev–Trinajstić information content (AvgIpc) is 2.62. The first-order valence-electron chi connectivity index (χ1n) is 9.08. The van der Waals surface area contributed by atoms with E-state index in [1.165, 1.54) is 44.2 Å². The zero-order valence-corrected chi connectivity index (χ0v) is 13.9. The number of piperidine rings is 1. The number of hydrogen-bond donors (Lipinski definition) is 1. The van der Waals surface area contributed by atoms with Crippen molar-refractivity contribution in [3.8, 4) is 0 Å². The van der Waals surface area contributed by atoms with Gasteiger partial charge in [-0.1, -0.05) is 25.3 Å². The number of hydrogen-bond acceptors (Lipinski definition) is 3. The number of nitrogens with zero attached hydrogens (tertiary/aromatic N) is 1. The Hall–Kier alpha value is -1.55. The van der Waals surface area contributed by atoms with Crippen molar-refractivity contribution in [3.05, 3.63) is 24.3 Å². The van der Waals surface area contributed by atoms with E-state index < -0.39 is 0 Å². The largest absolute Gasteiger partial charge is 0.371 e. The van der Waals surface area contributed by atoms with Crippen molar-refractivity contribution < 1.29 is 9.53 Å². The molecule has 4 nitrogen and oxygen atoms in total. The van der Waals surface area contributed by atoms with E-state index in [0.717, 1.165) is 31.6 Å². The van der Waals surface area contributed by atoms with E-state index in [9.17, 15) is 4.79 Å². The Morgan fingerprint density at radius 3 is 2.61 bits per heavy atom. The van der Waals surface area contributed by atoms with Crippen molar-refractivity contribution in [2.45, 2.75) is 57.5 Å². The maximum Gasteiger partial charge on any atom is 0.250 e. The monoisotopic (exact) mass is 316 g/mol. The van der Waals surface area contributed by atoms with E-state index in [1.807, 2.05) is 12.1 Å². The van der Waals surface area contributed by atoms with Crippen LogP contribution in [0.2, 0.25) is 0 Å². The van der Waals surface area contributed by atoms with E-state index in [1.54, 1.807) is 0 Å². The predicted octanol–water partition coefficient (Wildman–Crippen LogP) is 3.96. The highest BCUT2D eigenvalue weighted by atomic mass is 16.5. The fraction of sp³-hybridized carbons (Fsp3) is 0.632. The Kier molecular flexibility index (Phi) is 5.92. The fourth-order valence-corrected chi connectivity index (χ4v) is 3.55. The van der Waals surface area contributed by atoms with Gasteiger partial charge in [-0.2, -0.15) is 0 Å². The lowest BCUT2D eigenvalue weighted by molar-refractivity contribution is -0.123. The molecule has 1 aliphatic heterocycles. The smallest absolute Gasteiger partial charge is 0.250 e. The van der Waals surface area contributed by atoms with Crippen LogP contribution in [-0.2, 0) is 9.53 Å². The average molecular weight is 316 g/mol. The van der Waals surface area contributed by atoms with Crippen molar-refractivity contribution in [2.24, 2.45) is 0 Å². The van der Waals surface area contributed by atoms with Crippen LogP contribution in [0.1, 0.15) is 51.4 Å². The summed E-state index contributed by atoms with van der Waals surface area (Å²) in [4.78, 5) is 14.5. The molecule has 2 aliphatic rings. The molecule has 0 atom stereocenters. The van der Waals surface area contributed by atoms with Gasteiger partial charge >= 0.3 is 0 Å². The molecule has 0 spiro atoms. The zero-order valence-electron chi connectivity index (χ0n) is 13.9. The van der Waals surface area contributed by atoms with Gasteiger partial charge in [0.25, 0.3) is 0 Å². The van der Waals surface area contributed by atoms with Crippen LogP contribution >= 0.6 is 0 Å². The van der Waals surface area contributed by atoms with E-state index in [4.69, 9.17) is 4.74 Å². The molecule has 1 saturated carbocycles. The summed E-state index contributed by atoms with van der Waals surface area (Å²) in [6.45, 7) is 2.39. The van der Waals surface area contributed by atoms with E-state index in [0.29, 0.717) is 0 Å². The summed E-state index contributed by atoms with van der Waals surface area (Å²) in [5.41, 5.74) is 2.07. The second-order valence-corrected chi connectivity index (χ2v) is 6.72. The number of rotatable bonds is 5. The molecule has 3 rings (SSSR count). The second kappa shape index (κ2) is 8.34. The first-order chi connectivity index (χ1) is 11.3. The van der Waals surface area contributed by atoms with Crippen LogP contribution in [0.5, 0.6) is 0 Å². The molecule has 126 valence electrons. The first kappa shape index (κ1) is 16.3. The van der Waals surface area contributed by atoms with Gasteiger partial charge in [0.1, 0.15) is 6.61 Å². The van der Waals surface area contributed by atoms with E-state index in [-0.39, 0.29) is 18.6 Å². The highest BCUT2D eigenvalue weighted by Gasteiger charge is 2.16. The summed E-state index contributed by atoms with van der Waals surface area (Å²) in [7, 11) is 0. The summed E-state index contributed by atoms with van der Waals surface area (Å²) >= 11 is 0. The summed E-state index contributed by atoms with van der Waals surface area (Å²) in [5, 5.41) is 2.97. The standard InChI is InChI=1S/C19H28N2O2/c22-19(15-23-18-10-3-1-4-11-18)20-16-8-7-9-17(14-16)21-12-5-2-6-13-21/h7-9,14,18H,1-6,10-13,15H2,(H,20,22). The summed E-state index contributed by atoms with van der Waals surface area (Å²) in [6, 6.07) is 8.16. The molecule has 2 fully saturated rings. The summed E-state index contributed by atoms with van der Waals surface area (Å²) in [5.74, 6) is -0.0497. The van der Waals surface area contributed by atoms with Crippen molar-refractivity contribution in [1.82, 2.24) is 0 Å². The van der Waals surface area contributed by atoms with Gasteiger partial charge in [-0.3, -0.25) is 4.79 Å². The van der Waals surface area contributed by atoms with Crippen molar-refractivity contribution >= 4 is 17.3 Å². The number of carbonyl (C=O) groups excluding carboxylic acids is 1. The lowest BCUT2D eigenvalue weighted by atomic mass is 9.98. The quantitative estimate of drug-likeness (QED) is 0.894. The minimum Gasteiger partial charge on any atom is -0.371 e. The Bertz CT molecular complexity index is 506. The van der Waals surface area contributed by atoms with Crippen molar-refractivity contribution in [1.29, 1.82) is 0 Å². The molecule has 1 saturated heterocycles. The van der Waals surface area contributed by atoms with Gasteiger partial charge in [0.15, 0.2) is 0 Å². The third-order valence-electron chi connectivity index (χ3n) is 4.85. The Morgan fingerprint density at radius 2 is 1.83 bits per heavy atom. The van der Waals surface area contributed by atoms with Crippen LogP contribution in [0.4, 0.5) is 11.4 Å². The molecule has 1 amide bonds. The minimum absolute atomic E-state index is 0.0497. The molecule has 0 aromatic heterocycles. The van der Waals surface area contributed by atoms with Gasteiger partial charge in [-0.15, -0.1) is 0 Å². The van der Waals surface area contributed by atoms with Crippen LogP contribution in [0, 0.1) is 0 Å². The summed E-state index contributed by atoms with van der Waals surface area (Å²) in [6.07, 6.45) is 10.1. The molecule has 1 aliphatic carbocycles. The first-order valence-corrected chi connectivity index (χ1v) is 9.08. The lowest BCUT2D eigenvalue weighted by Crippen LogP contribution is -2.29. The highest BCUT2D eigenvalue weighted by Crippen LogP contribution is 2.23. The maximum absolute atomic E-state index is 12.1. The fourth-order valence-electron chi connectivity index (χ4n) is 3.55. The Morgan fingerprint density at radius 1 is 1.09 bits per heavy atom. The maximum atomic E-state index is 12.1. The van der Waals surface area contributed by atoms with E-state index >= 15 is 0 Å². The Balaban J connectivity index is 1.49. The second-order valence-electron chi connectivity index (χ2n) is 6.72. The Labute approximate surface area is 139 Å². The van der Waals surface area contributed by atoms with Crippen LogP contribution in [0.3, 0.4) is 0 Å². The van der Waals surface area contributed by atoms with Crippen molar-refractivity contribution in [2.75, 3.05) is 29.9 Å². The van der Waals surface area contributed by atoms with Gasteiger partial charge in [-0.25, -0.2) is 0 Å². The van der Waals surface area contributed by atoms with Crippen LogP contribution < -0.4 is 10.2 Å². The van der Waals surface area contributed by atoms with Gasteiger partial charge in [0.05, 0.1) is 6.10 Å². The third kappa shape index (κ3) is 4.96. The lowest BCUT2D eigenvalue weighted by Gasteiger charge is -2.29. The molecule has 1 aromatic rings. The molecule has 0 radical (unpaired) electrons. The number of benzene rings is 1. The van der Waals surface area contributed by atoms with Crippen molar-refractivity contribution in [3.63, 3.8) is 0 Å². The van der Waals surface area contributed by atoms with Crippen LogP contribution in [-0.4, -0.2) is 31.7 Å². The molecule has 1 N–H and O–H groups in total. The van der Waals surface area contributed by atoms with E-state index in [2.05, 4.69) is 22.3 Å². The van der Waals surface area contributed by atoms with Crippen LogP contribution in [0.15, 0.2) is 24.3 Å². The van der Waals surface area contributed by atoms with Gasteiger partial charge in [0, 0.05) is 24.5 Å². The molecular formula is C19H28N2O2. The number of nitrogens with one attached hydrogen (secondary N) is 1. The number of anilines is 2. The number of amides is 1. The molecule has 0 unspecified atom stereocenters. The minimum atomic E-state index is -0.0497. The molecular weight excluding hydrogens is 288 g/mol. The topological polar surface area (TPSA) is 41.6 Å². The molecule has 23 heavy (non-hydrogen) atoms. The SMILES string of the molecule is O=C(COC1CCCCC1)Nc1cccc(N2CCCCC2)c1. The molecule has 4 heteroatoms. The highest BCUT2D eigenvalue weighted by molar-refractivity contribution is 5.92.